The molecule has 0 atom stereocenters. The topological polar surface area (TPSA) is 18.5 Å². The molecule has 0 aliphatic carbocycles. The van der Waals surface area contributed by atoms with E-state index >= 15 is 0 Å². The molecule has 0 aromatic heterocycles. The van der Waals surface area contributed by atoms with Crippen LogP contribution < -0.4 is 0 Å². The molecule has 0 saturated heterocycles. The van der Waals surface area contributed by atoms with Gasteiger partial charge in [-0.2, -0.15) is 0 Å². The molecule has 0 N–H and O–H groups in total. The molecule has 0 fully saturated rings. The highest BCUT2D eigenvalue weighted by Gasteiger charge is 2.39. The molecule has 0 unspecified atom stereocenters. The van der Waals surface area contributed by atoms with Crippen molar-refractivity contribution >= 4 is 0 Å². The van der Waals surface area contributed by atoms with Gasteiger partial charge in [0.25, 0.3) is 0 Å². The van der Waals surface area contributed by atoms with E-state index in [1.807, 2.05) is 0 Å². The molecule has 0 bridgehead atoms. The highest BCUT2D eigenvalue weighted by atomic mass is 16.5. The minimum Gasteiger partial charge on any atom is -0.367 e. The zero-order valence-electron chi connectivity index (χ0n) is 9.39. The van der Waals surface area contributed by atoms with Crippen LogP contribution in [0, 0.1) is 0 Å². The van der Waals surface area contributed by atoms with E-state index in [1.54, 1.807) is 0 Å². The maximum absolute atomic E-state index is 5.67. The second kappa shape index (κ2) is 2.94. The molecule has 0 aromatic rings. The van der Waals surface area contributed by atoms with Gasteiger partial charge in [0.2, 0.25) is 0 Å². The average Bonchev–Trinajstić information content (AvgIpc) is 2.53. The smallest absolute Gasteiger partial charge is 0.0880 e. The van der Waals surface area contributed by atoms with E-state index in [2.05, 4.69) is 39.8 Å². The van der Waals surface area contributed by atoms with Crippen molar-refractivity contribution in [2.24, 2.45) is 0 Å². The van der Waals surface area contributed by atoms with E-state index in [4.69, 9.17) is 9.47 Å². The first kappa shape index (κ1) is 9.94. The Balaban J connectivity index is 2.33. The van der Waals surface area contributed by atoms with Crippen molar-refractivity contribution in [3.63, 3.8) is 0 Å². The Morgan fingerprint density at radius 2 is 1.21 bits per heavy atom. The molecule has 0 saturated carbocycles. The Kier molecular flexibility index (Phi) is 2.09. The van der Waals surface area contributed by atoms with Crippen molar-refractivity contribution in [1.82, 2.24) is 0 Å². The third kappa shape index (κ3) is 1.43. The Morgan fingerprint density at radius 3 is 1.43 bits per heavy atom. The Bertz CT molecular complexity index is 276. The van der Waals surface area contributed by atoms with Gasteiger partial charge in [-0.25, -0.2) is 0 Å². The fraction of sp³-hybridized carbons (Fsp3) is 0.667. The second-order valence-corrected chi connectivity index (χ2v) is 4.88. The quantitative estimate of drug-likeness (QED) is 0.638. The lowest BCUT2D eigenvalue weighted by atomic mass is 9.84. The molecule has 0 amide bonds. The summed E-state index contributed by atoms with van der Waals surface area (Å²) in [7, 11) is 0. The highest BCUT2D eigenvalue weighted by Crippen LogP contribution is 2.40. The third-order valence-corrected chi connectivity index (χ3v) is 3.05. The van der Waals surface area contributed by atoms with Crippen molar-refractivity contribution < 1.29 is 9.47 Å². The predicted octanol–water partition coefficient (Wildman–Crippen LogP) is 2.46. The van der Waals surface area contributed by atoms with Crippen LogP contribution in [0.4, 0.5) is 0 Å². The lowest BCUT2D eigenvalue weighted by Gasteiger charge is -2.29. The van der Waals surface area contributed by atoms with E-state index < -0.39 is 0 Å². The SMILES string of the molecule is CC1(C)OCC=C1C1=CCOC1(C)C. The Hall–Kier alpha value is -0.600. The van der Waals surface area contributed by atoms with Crippen LogP contribution in [0.15, 0.2) is 23.3 Å². The van der Waals surface area contributed by atoms with Crippen molar-refractivity contribution in [3.05, 3.63) is 23.3 Å². The Labute approximate surface area is 85.6 Å². The van der Waals surface area contributed by atoms with Gasteiger partial charge in [-0.05, 0) is 38.8 Å². The van der Waals surface area contributed by atoms with Crippen LogP contribution >= 0.6 is 0 Å². The molecule has 0 spiro atoms. The van der Waals surface area contributed by atoms with Crippen molar-refractivity contribution in [1.29, 1.82) is 0 Å². The van der Waals surface area contributed by atoms with E-state index in [1.165, 1.54) is 11.1 Å². The number of rotatable bonds is 1. The fourth-order valence-electron chi connectivity index (χ4n) is 2.18. The number of ether oxygens (including phenoxy) is 2. The highest BCUT2D eigenvalue weighted by molar-refractivity contribution is 5.46. The third-order valence-electron chi connectivity index (χ3n) is 3.05. The molecule has 2 heteroatoms. The van der Waals surface area contributed by atoms with Crippen molar-refractivity contribution in [2.45, 2.75) is 38.9 Å². The van der Waals surface area contributed by atoms with Crippen LogP contribution in [0.5, 0.6) is 0 Å². The van der Waals surface area contributed by atoms with Gasteiger partial charge in [-0.1, -0.05) is 12.2 Å². The Morgan fingerprint density at radius 1 is 0.857 bits per heavy atom. The summed E-state index contributed by atoms with van der Waals surface area (Å²) >= 11 is 0. The molecule has 14 heavy (non-hydrogen) atoms. The van der Waals surface area contributed by atoms with E-state index in [0.717, 1.165) is 13.2 Å². The van der Waals surface area contributed by atoms with Gasteiger partial charge in [0.15, 0.2) is 0 Å². The zero-order chi connectivity index (χ0) is 10.4. The summed E-state index contributed by atoms with van der Waals surface area (Å²) in [6.07, 6.45) is 4.34. The van der Waals surface area contributed by atoms with E-state index in [-0.39, 0.29) is 11.2 Å². The van der Waals surface area contributed by atoms with Crippen LogP contribution in [-0.2, 0) is 9.47 Å². The molecule has 2 rings (SSSR count). The van der Waals surface area contributed by atoms with Gasteiger partial charge >= 0.3 is 0 Å². The van der Waals surface area contributed by atoms with Gasteiger partial charge < -0.3 is 9.47 Å². The lowest BCUT2D eigenvalue weighted by Crippen LogP contribution is -2.30. The van der Waals surface area contributed by atoms with Gasteiger partial charge in [0.05, 0.1) is 24.4 Å². The summed E-state index contributed by atoms with van der Waals surface area (Å²) in [4.78, 5) is 0. The summed E-state index contributed by atoms with van der Waals surface area (Å²) < 4.78 is 11.3. The van der Waals surface area contributed by atoms with Gasteiger partial charge in [-0.15, -0.1) is 0 Å². The largest absolute Gasteiger partial charge is 0.367 e. The zero-order valence-corrected chi connectivity index (χ0v) is 9.39. The van der Waals surface area contributed by atoms with Crippen LogP contribution in [0.25, 0.3) is 0 Å². The molecule has 78 valence electrons. The summed E-state index contributed by atoms with van der Waals surface area (Å²) in [5.74, 6) is 0. The summed E-state index contributed by atoms with van der Waals surface area (Å²) in [5, 5.41) is 0. The molecule has 0 aromatic carbocycles. The van der Waals surface area contributed by atoms with Crippen LogP contribution in [0.1, 0.15) is 27.7 Å². The first-order chi connectivity index (χ1) is 6.43. The summed E-state index contributed by atoms with van der Waals surface area (Å²) in [6, 6.07) is 0. The molecule has 0 radical (unpaired) electrons. The average molecular weight is 194 g/mol. The maximum Gasteiger partial charge on any atom is 0.0880 e. The second-order valence-electron chi connectivity index (χ2n) is 4.88. The van der Waals surface area contributed by atoms with Gasteiger partial charge in [-0.3, -0.25) is 0 Å². The van der Waals surface area contributed by atoms with Gasteiger partial charge in [0.1, 0.15) is 0 Å². The summed E-state index contributed by atoms with van der Waals surface area (Å²) in [5.41, 5.74) is 2.27. The standard InChI is InChI=1S/C12H18O2/c1-11(2)9(5-7-13-11)10-6-8-14-12(10,3)4/h5-6H,7-8H2,1-4H3. The maximum atomic E-state index is 5.67. The minimum atomic E-state index is -0.156. The van der Waals surface area contributed by atoms with E-state index in [0.29, 0.717) is 0 Å². The van der Waals surface area contributed by atoms with Gasteiger partial charge in [0, 0.05) is 0 Å². The van der Waals surface area contributed by atoms with Crippen LogP contribution in [0.3, 0.4) is 0 Å². The molecule has 2 nitrogen and oxygen atoms in total. The number of hydrogen-bond donors (Lipinski definition) is 0. The summed E-state index contributed by atoms with van der Waals surface area (Å²) in [6.45, 7) is 9.88. The van der Waals surface area contributed by atoms with Crippen molar-refractivity contribution in [2.75, 3.05) is 13.2 Å². The van der Waals surface area contributed by atoms with Crippen LogP contribution in [-0.4, -0.2) is 24.4 Å². The number of hydrogen-bond acceptors (Lipinski definition) is 2. The molecule has 2 heterocycles. The first-order valence-electron chi connectivity index (χ1n) is 5.13. The van der Waals surface area contributed by atoms with Crippen LogP contribution in [0.2, 0.25) is 0 Å². The lowest BCUT2D eigenvalue weighted by molar-refractivity contribution is 0.0339. The molecular weight excluding hydrogens is 176 g/mol. The normalized spacial score (nSPS) is 28.9. The molecular formula is C12H18O2. The molecule has 2 aliphatic rings. The molecule has 2 aliphatic heterocycles. The first-order valence-corrected chi connectivity index (χ1v) is 5.13. The predicted molar refractivity (Wildman–Crippen MR) is 56.2 cm³/mol. The minimum absolute atomic E-state index is 0.156. The van der Waals surface area contributed by atoms with E-state index in [9.17, 15) is 0 Å². The van der Waals surface area contributed by atoms with Crippen molar-refractivity contribution in [3.8, 4) is 0 Å². The fourth-order valence-corrected chi connectivity index (χ4v) is 2.18. The monoisotopic (exact) mass is 194 g/mol.